The van der Waals surface area contributed by atoms with E-state index in [0.717, 1.165) is 23.9 Å². The van der Waals surface area contributed by atoms with Gasteiger partial charge in [0, 0.05) is 48.9 Å². The lowest BCUT2D eigenvalue weighted by atomic mass is 9.99. The highest BCUT2D eigenvalue weighted by molar-refractivity contribution is 5.89. The number of methoxy groups -OCH3 is 1. The summed E-state index contributed by atoms with van der Waals surface area (Å²) in [5.41, 5.74) is 9.07. The molecule has 0 saturated carbocycles. The van der Waals surface area contributed by atoms with Crippen LogP contribution >= 0.6 is 0 Å². The molecule has 2 N–H and O–H groups in total. The number of halogens is 1. The number of nitriles is 1. The zero-order valence-corrected chi connectivity index (χ0v) is 18.9. The van der Waals surface area contributed by atoms with E-state index in [1.807, 2.05) is 19.2 Å². The molecule has 1 saturated heterocycles. The predicted molar refractivity (Wildman–Crippen MR) is 126 cm³/mol. The summed E-state index contributed by atoms with van der Waals surface area (Å²) in [7, 11) is 3.36. The summed E-state index contributed by atoms with van der Waals surface area (Å²) >= 11 is 0. The van der Waals surface area contributed by atoms with Gasteiger partial charge in [-0.1, -0.05) is 6.07 Å². The molecule has 5 rings (SSSR count). The van der Waals surface area contributed by atoms with Gasteiger partial charge in [-0.2, -0.15) is 15.3 Å². The Bertz CT molecular complexity index is 1420. The molecule has 4 heterocycles. The summed E-state index contributed by atoms with van der Waals surface area (Å²) in [6.07, 6.45) is 5.09. The molecule has 0 radical (unpaired) electrons. The minimum atomic E-state index is -0.616. The van der Waals surface area contributed by atoms with Crippen molar-refractivity contribution in [2.75, 3.05) is 25.1 Å². The summed E-state index contributed by atoms with van der Waals surface area (Å²) in [4.78, 5) is 16.2. The average Bonchev–Trinajstić information content (AvgIpc) is 3.23. The van der Waals surface area contributed by atoms with Crippen molar-refractivity contribution in [2.45, 2.75) is 18.9 Å². The molecule has 1 aliphatic heterocycles. The number of fused-ring (bicyclic) bond motifs is 1. The van der Waals surface area contributed by atoms with Gasteiger partial charge < -0.3 is 15.4 Å². The van der Waals surface area contributed by atoms with E-state index in [-0.39, 0.29) is 11.6 Å². The Morgan fingerprint density at radius 3 is 2.65 bits per heavy atom. The second-order valence-electron chi connectivity index (χ2n) is 8.29. The molecule has 1 fully saturated rings. The van der Waals surface area contributed by atoms with Crippen LogP contribution in [-0.2, 0) is 7.05 Å². The number of benzene rings is 1. The highest BCUT2D eigenvalue weighted by Gasteiger charge is 2.25. The molecular weight excluding hydrogens is 435 g/mol. The van der Waals surface area contributed by atoms with E-state index >= 15 is 0 Å². The van der Waals surface area contributed by atoms with E-state index in [4.69, 9.17) is 25.7 Å². The second kappa shape index (κ2) is 8.68. The molecule has 3 aromatic heterocycles. The molecule has 0 unspecified atom stereocenters. The Morgan fingerprint density at radius 2 is 1.94 bits per heavy atom. The first-order valence-corrected chi connectivity index (χ1v) is 10.9. The van der Waals surface area contributed by atoms with E-state index in [1.165, 1.54) is 12.1 Å². The van der Waals surface area contributed by atoms with Crippen molar-refractivity contribution < 1.29 is 9.13 Å². The van der Waals surface area contributed by atoms with Crippen LogP contribution in [0.4, 0.5) is 10.3 Å². The lowest BCUT2D eigenvalue weighted by Crippen LogP contribution is -2.40. The van der Waals surface area contributed by atoms with Crippen LogP contribution in [-0.4, -0.2) is 51.0 Å². The molecule has 9 nitrogen and oxygen atoms in total. The molecule has 1 aliphatic rings. The first kappa shape index (κ1) is 21.7. The Labute approximate surface area is 195 Å². The van der Waals surface area contributed by atoms with Gasteiger partial charge in [0.25, 0.3) is 0 Å². The van der Waals surface area contributed by atoms with Crippen LogP contribution < -0.4 is 15.4 Å². The third kappa shape index (κ3) is 3.80. The van der Waals surface area contributed by atoms with E-state index < -0.39 is 5.82 Å². The van der Waals surface area contributed by atoms with Gasteiger partial charge in [-0.05, 0) is 31.0 Å². The average molecular weight is 459 g/mol. The van der Waals surface area contributed by atoms with Crippen molar-refractivity contribution >= 4 is 17.0 Å². The molecule has 34 heavy (non-hydrogen) atoms. The standard InChI is InChI=1S/C24H23FN8O/c1-32-22-17(13-29-32)9-16(12-28-22)20-21(14-3-4-15(11-26)19(25)10-14)30-24(31-23(20)34-2)33-7-5-18(27)6-8-33/h3-4,9-10,12-13,18H,5-8,27H2,1-2H3. The summed E-state index contributed by atoms with van der Waals surface area (Å²) < 4.78 is 22.0. The van der Waals surface area contributed by atoms with Gasteiger partial charge in [-0.25, -0.2) is 14.4 Å². The fourth-order valence-electron chi connectivity index (χ4n) is 4.22. The summed E-state index contributed by atoms with van der Waals surface area (Å²) in [5, 5.41) is 14.3. The van der Waals surface area contributed by atoms with E-state index in [0.29, 0.717) is 47.3 Å². The minimum absolute atomic E-state index is 0.0324. The van der Waals surface area contributed by atoms with Gasteiger partial charge in [0.1, 0.15) is 11.9 Å². The van der Waals surface area contributed by atoms with Crippen LogP contribution in [0.15, 0.2) is 36.7 Å². The second-order valence-corrected chi connectivity index (χ2v) is 8.29. The van der Waals surface area contributed by atoms with Crippen LogP contribution in [0.2, 0.25) is 0 Å². The van der Waals surface area contributed by atoms with Gasteiger partial charge in [0.05, 0.1) is 30.1 Å². The van der Waals surface area contributed by atoms with Crippen LogP contribution in [0.5, 0.6) is 5.88 Å². The molecule has 10 heteroatoms. The maximum atomic E-state index is 14.6. The van der Waals surface area contributed by atoms with Gasteiger partial charge in [-0.3, -0.25) is 4.68 Å². The minimum Gasteiger partial charge on any atom is -0.480 e. The van der Waals surface area contributed by atoms with Crippen molar-refractivity contribution in [3.05, 3.63) is 48.0 Å². The van der Waals surface area contributed by atoms with Crippen molar-refractivity contribution in [1.29, 1.82) is 5.26 Å². The van der Waals surface area contributed by atoms with E-state index in [9.17, 15) is 4.39 Å². The number of aryl methyl sites for hydroxylation is 1. The Morgan fingerprint density at radius 1 is 1.15 bits per heavy atom. The van der Waals surface area contributed by atoms with Gasteiger partial charge in [0.15, 0.2) is 5.65 Å². The predicted octanol–water partition coefficient (Wildman–Crippen LogP) is 3.04. The van der Waals surface area contributed by atoms with Crippen LogP contribution in [0.1, 0.15) is 18.4 Å². The molecular formula is C24H23FN8O. The monoisotopic (exact) mass is 458 g/mol. The van der Waals surface area contributed by atoms with Crippen LogP contribution in [0.25, 0.3) is 33.4 Å². The largest absolute Gasteiger partial charge is 0.480 e. The number of hydrogen-bond acceptors (Lipinski definition) is 8. The summed E-state index contributed by atoms with van der Waals surface area (Å²) in [5.74, 6) is 0.224. The maximum Gasteiger partial charge on any atom is 0.229 e. The number of nitrogens with zero attached hydrogens (tertiary/aromatic N) is 7. The fraction of sp³-hybridized carbons (Fsp3) is 0.292. The van der Waals surface area contributed by atoms with Gasteiger partial charge >= 0.3 is 0 Å². The molecule has 0 spiro atoms. The van der Waals surface area contributed by atoms with Crippen molar-refractivity contribution in [2.24, 2.45) is 12.8 Å². The number of piperidine rings is 1. The third-order valence-electron chi connectivity index (χ3n) is 6.10. The first-order chi connectivity index (χ1) is 16.5. The van der Waals surface area contributed by atoms with Crippen LogP contribution in [0, 0.1) is 17.1 Å². The first-order valence-electron chi connectivity index (χ1n) is 10.9. The lowest BCUT2D eigenvalue weighted by molar-refractivity contribution is 0.397. The van der Waals surface area contributed by atoms with E-state index in [1.54, 1.807) is 30.3 Å². The topological polar surface area (TPSA) is 119 Å². The Hall–Kier alpha value is -4.10. The van der Waals surface area contributed by atoms with E-state index in [2.05, 4.69) is 15.0 Å². The van der Waals surface area contributed by atoms with Crippen molar-refractivity contribution in [1.82, 2.24) is 24.7 Å². The summed E-state index contributed by atoms with van der Waals surface area (Å²) in [6, 6.07) is 8.39. The highest BCUT2D eigenvalue weighted by atomic mass is 19.1. The normalized spacial score (nSPS) is 14.4. The van der Waals surface area contributed by atoms with Gasteiger partial charge in [-0.15, -0.1) is 0 Å². The maximum absolute atomic E-state index is 14.6. The molecule has 0 amide bonds. The zero-order chi connectivity index (χ0) is 23.8. The Kier molecular flexibility index (Phi) is 5.55. The highest BCUT2D eigenvalue weighted by Crippen LogP contribution is 2.39. The van der Waals surface area contributed by atoms with Gasteiger partial charge in [0.2, 0.25) is 11.8 Å². The zero-order valence-electron chi connectivity index (χ0n) is 18.9. The number of ether oxygens (including phenoxy) is 1. The molecule has 4 aromatic rings. The molecule has 172 valence electrons. The fourth-order valence-corrected chi connectivity index (χ4v) is 4.22. The van der Waals surface area contributed by atoms with Crippen molar-refractivity contribution in [3.63, 3.8) is 0 Å². The number of rotatable bonds is 4. The summed E-state index contributed by atoms with van der Waals surface area (Å²) in [6.45, 7) is 1.43. The molecule has 0 aliphatic carbocycles. The quantitative estimate of drug-likeness (QED) is 0.496. The smallest absolute Gasteiger partial charge is 0.229 e. The number of nitrogens with two attached hydrogens (primary N) is 1. The molecule has 0 atom stereocenters. The van der Waals surface area contributed by atoms with Crippen LogP contribution in [0.3, 0.4) is 0 Å². The number of aromatic nitrogens is 5. The Balaban J connectivity index is 1.73. The SMILES string of the molecule is COc1nc(N2CCC(N)CC2)nc(-c2ccc(C#N)c(F)c2)c1-c1cnc2c(cnn2C)c1. The number of pyridine rings is 1. The molecule has 1 aromatic carbocycles. The number of hydrogen-bond donors (Lipinski definition) is 1. The third-order valence-corrected chi connectivity index (χ3v) is 6.10. The van der Waals surface area contributed by atoms with Crippen molar-refractivity contribution in [3.8, 4) is 34.3 Å². The number of anilines is 1. The molecule has 0 bridgehead atoms. The lowest BCUT2D eigenvalue weighted by Gasteiger charge is -2.31.